The van der Waals surface area contributed by atoms with Crippen molar-refractivity contribution < 1.29 is 9.53 Å². The molecule has 1 atom stereocenters. The molecule has 5 nitrogen and oxygen atoms in total. The van der Waals surface area contributed by atoms with E-state index in [4.69, 9.17) is 16.3 Å². The summed E-state index contributed by atoms with van der Waals surface area (Å²) in [4.78, 5) is 18.7. The van der Waals surface area contributed by atoms with Gasteiger partial charge in [-0.3, -0.25) is 4.79 Å². The maximum absolute atomic E-state index is 12.2. The number of rotatable bonds is 3. The minimum Gasteiger partial charge on any atom is -0.494 e. The summed E-state index contributed by atoms with van der Waals surface area (Å²) in [6.07, 6.45) is 2.34. The van der Waals surface area contributed by atoms with E-state index in [0.717, 1.165) is 19.6 Å². The van der Waals surface area contributed by atoms with Crippen LogP contribution in [0.1, 0.15) is 23.3 Å². The Morgan fingerprint density at radius 2 is 2.20 bits per heavy atom. The zero-order chi connectivity index (χ0) is 14.1. The van der Waals surface area contributed by atoms with E-state index in [0.29, 0.717) is 17.4 Å². The molecule has 1 aromatic heterocycles. The highest BCUT2D eigenvalue weighted by atomic mass is 35.5. The standard InChI is InChI=1S/C14H18ClN3O2/c1-20-12-3-2-10(16-13(12)15)14(19)17-11-8-18-6-4-9(11)5-7-18/h2-3,9,11H,4-8H2,1H3,(H,17,19)/t11-/m0/s1. The molecule has 0 saturated carbocycles. The highest BCUT2D eigenvalue weighted by Gasteiger charge is 2.35. The molecule has 0 aliphatic carbocycles. The number of nitrogens with one attached hydrogen (secondary N) is 1. The van der Waals surface area contributed by atoms with Gasteiger partial charge < -0.3 is 15.0 Å². The maximum atomic E-state index is 12.2. The van der Waals surface area contributed by atoms with Crippen LogP contribution < -0.4 is 10.1 Å². The van der Waals surface area contributed by atoms with Gasteiger partial charge in [0.1, 0.15) is 5.69 Å². The molecule has 1 N–H and O–H groups in total. The van der Waals surface area contributed by atoms with E-state index in [9.17, 15) is 4.79 Å². The van der Waals surface area contributed by atoms with Crippen LogP contribution in [-0.2, 0) is 0 Å². The van der Waals surface area contributed by atoms with Crippen LogP contribution in [0.15, 0.2) is 12.1 Å². The second-order valence-corrected chi connectivity index (χ2v) is 5.77. The van der Waals surface area contributed by atoms with Crippen molar-refractivity contribution >= 4 is 17.5 Å². The molecule has 0 radical (unpaired) electrons. The normalized spacial score (nSPS) is 28.2. The van der Waals surface area contributed by atoms with Gasteiger partial charge in [-0.1, -0.05) is 11.6 Å². The molecule has 3 fully saturated rings. The van der Waals surface area contributed by atoms with Gasteiger partial charge in [0.2, 0.25) is 0 Å². The predicted octanol–water partition coefficient (Wildman–Crippen LogP) is 1.57. The Morgan fingerprint density at radius 1 is 1.45 bits per heavy atom. The van der Waals surface area contributed by atoms with E-state index >= 15 is 0 Å². The molecule has 1 aromatic rings. The Balaban J connectivity index is 1.68. The summed E-state index contributed by atoms with van der Waals surface area (Å²) in [7, 11) is 1.52. The SMILES string of the molecule is COc1ccc(C(=O)N[C@H]2CN3CCC2CC3)nc1Cl. The molecule has 2 bridgehead atoms. The fourth-order valence-electron chi connectivity index (χ4n) is 3.07. The summed E-state index contributed by atoms with van der Waals surface area (Å²) in [5.74, 6) is 0.914. The number of fused-ring (bicyclic) bond motifs is 3. The van der Waals surface area contributed by atoms with Gasteiger partial charge in [0.25, 0.3) is 5.91 Å². The van der Waals surface area contributed by atoms with Crippen LogP contribution in [0.4, 0.5) is 0 Å². The molecule has 4 rings (SSSR count). The highest BCUT2D eigenvalue weighted by molar-refractivity contribution is 6.31. The maximum Gasteiger partial charge on any atom is 0.270 e. The lowest BCUT2D eigenvalue weighted by atomic mass is 9.84. The Hall–Kier alpha value is -1.33. The lowest BCUT2D eigenvalue weighted by Crippen LogP contribution is -2.57. The lowest BCUT2D eigenvalue weighted by Gasteiger charge is -2.44. The van der Waals surface area contributed by atoms with Gasteiger partial charge >= 0.3 is 0 Å². The fourth-order valence-corrected chi connectivity index (χ4v) is 3.30. The predicted molar refractivity (Wildman–Crippen MR) is 76.2 cm³/mol. The summed E-state index contributed by atoms with van der Waals surface area (Å²) in [5, 5.41) is 3.31. The topological polar surface area (TPSA) is 54.5 Å². The third-order valence-electron chi connectivity index (χ3n) is 4.24. The van der Waals surface area contributed by atoms with Crippen LogP contribution in [0, 0.1) is 5.92 Å². The van der Waals surface area contributed by atoms with Crippen molar-refractivity contribution in [2.75, 3.05) is 26.7 Å². The van der Waals surface area contributed by atoms with Gasteiger partial charge in [-0.2, -0.15) is 0 Å². The third-order valence-corrected chi connectivity index (χ3v) is 4.51. The van der Waals surface area contributed by atoms with E-state index < -0.39 is 0 Å². The Bertz CT molecular complexity index is 515. The largest absolute Gasteiger partial charge is 0.494 e. The first-order valence-electron chi connectivity index (χ1n) is 6.91. The smallest absolute Gasteiger partial charge is 0.270 e. The molecule has 4 heterocycles. The molecular formula is C14H18ClN3O2. The van der Waals surface area contributed by atoms with Gasteiger partial charge in [-0.25, -0.2) is 4.98 Å². The average molecular weight is 296 g/mol. The van der Waals surface area contributed by atoms with Crippen molar-refractivity contribution in [3.63, 3.8) is 0 Å². The molecule has 3 saturated heterocycles. The van der Waals surface area contributed by atoms with Crippen LogP contribution in [0.5, 0.6) is 5.75 Å². The van der Waals surface area contributed by atoms with Crippen molar-refractivity contribution in [2.45, 2.75) is 18.9 Å². The fraction of sp³-hybridized carbons (Fsp3) is 0.571. The number of carbonyl (C=O) groups is 1. The molecule has 3 aliphatic rings. The molecule has 0 aromatic carbocycles. The number of nitrogens with zero attached hydrogens (tertiary/aromatic N) is 2. The summed E-state index contributed by atoms with van der Waals surface area (Å²) < 4.78 is 5.04. The first kappa shape index (κ1) is 13.6. The second kappa shape index (κ2) is 5.58. The summed E-state index contributed by atoms with van der Waals surface area (Å²) >= 11 is 5.96. The number of pyridine rings is 1. The van der Waals surface area contributed by atoms with Crippen molar-refractivity contribution in [3.05, 3.63) is 23.0 Å². The van der Waals surface area contributed by atoms with Gasteiger partial charge in [0.15, 0.2) is 10.9 Å². The molecule has 0 unspecified atom stereocenters. The minimum absolute atomic E-state index is 0.159. The zero-order valence-electron chi connectivity index (χ0n) is 11.4. The van der Waals surface area contributed by atoms with Gasteiger partial charge in [-0.15, -0.1) is 0 Å². The van der Waals surface area contributed by atoms with Crippen molar-refractivity contribution in [1.29, 1.82) is 0 Å². The average Bonchev–Trinajstić information content (AvgIpc) is 2.48. The van der Waals surface area contributed by atoms with Crippen LogP contribution in [0.2, 0.25) is 5.15 Å². The number of hydrogen-bond donors (Lipinski definition) is 1. The molecule has 108 valence electrons. The Morgan fingerprint density at radius 3 is 2.75 bits per heavy atom. The number of methoxy groups -OCH3 is 1. The Labute approximate surface area is 123 Å². The first-order valence-corrected chi connectivity index (χ1v) is 7.29. The second-order valence-electron chi connectivity index (χ2n) is 5.41. The monoisotopic (exact) mass is 295 g/mol. The molecule has 6 heteroatoms. The quantitative estimate of drug-likeness (QED) is 0.860. The molecule has 20 heavy (non-hydrogen) atoms. The number of carbonyl (C=O) groups excluding carboxylic acids is 1. The summed E-state index contributed by atoms with van der Waals surface area (Å²) in [5.41, 5.74) is 0.340. The number of hydrogen-bond acceptors (Lipinski definition) is 4. The van der Waals surface area contributed by atoms with Gasteiger partial charge in [0.05, 0.1) is 7.11 Å². The van der Waals surface area contributed by atoms with E-state index in [1.165, 1.54) is 20.0 Å². The number of amides is 1. The molecule has 1 amide bonds. The molecule has 0 spiro atoms. The van der Waals surface area contributed by atoms with Crippen molar-refractivity contribution in [2.24, 2.45) is 5.92 Å². The third kappa shape index (κ3) is 2.60. The highest BCUT2D eigenvalue weighted by Crippen LogP contribution is 2.28. The molecule has 3 aliphatic heterocycles. The van der Waals surface area contributed by atoms with E-state index in [1.807, 2.05) is 0 Å². The van der Waals surface area contributed by atoms with Crippen molar-refractivity contribution in [3.8, 4) is 5.75 Å². The van der Waals surface area contributed by atoms with Crippen LogP contribution in [0.25, 0.3) is 0 Å². The van der Waals surface area contributed by atoms with Crippen LogP contribution in [-0.4, -0.2) is 48.6 Å². The van der Waals surface area contributed by atoms with E-state index in [1.54, 1.807) is 12.1 Å². The number of piperidine rings is 3. The summed E-state index contributed by atoms with van der Waals surface area (Å²) in [6, 6.07) is 3.54. The van der Waals surface area contributed by atoms with Gasteiger partial charge in [-0.05, 0) is 44.0 Å². The number of aromatic nitrogens is 1. The van der Waals surface area contributed by atoms with E-state index in [2.05, 4.69) is 15.2 Å². The number of halogens is 1. The zero-order valence-corrected chi connectivity index (χ0v) is 12.2. The lowest BCUT2D eigenvalue weighted by molar-refractivity contribution is 0.0618. The number of ether oxygens (including phenoxy) is 1. The molecular weight excluding hydrogens is 278 g/mol. The van der Waals surface area contributed by atoms with Gasteiger partial charge in [0, 0.05) is 12.6 Å². The Kier molecular flexibility index (Phi) is 3.81. The van der Waals surface area contributed by atoms with Crippen molar-refractivity contribution in [1.82, 2.24) is 15.2 Å². The first-order chi connectivity index (χ1) is 9.67. The van der Waals surface area contributed by atoms with Crippen LogP contribution in [0.3, 0.4) is 0 Å². The van der Waals surface area contributed by atoms with Crippen LogP contribution >= 0.6 is 11.6 Å². The summed E-state index contributed by atoms with van der Waals surface area (Å²) in [6.45, 7) is 3.26. The van der Waals surface area contributed by atoms with E-state index in [-0.39, 0.29) is 17.1 Å². The minimum atomic E-state index is -0.159.